The zero-order valence-electron chi connectivity index (χ0n) is 9.53. The van der Waals surface area contributed by atoms with Crippen LogP contribution in [0.15, 0.2) is 28.7 Å². The summed E-state index contributed by atoms with van der Waals surface area (Å²) in [7, 11) is 0. The second-order valence-corrected chi connectivity index (χ2v) is 5.87. The summed E-state index contributed by atoms with van der Waals surface area (Å²) in [6, 6.07) is 7.63. The average molecular weight is 361 g/mol. The molecule has 0 spiro atoms. The molecule has 4 heteroatoms. The molecule has 0 saturated carbocycles. The number of benzene rings is 1. The predicted octanol–water partition coefficient (Wildman–Crippen LogP) is 3.70. The summed E-state index contributed by atoms with van der Waals surface area (Å²) in [5, 5.41) is 1.05. The number of carbonyl (C=O) groups excluding carboxylic acids is 1. The summed E-state index contributed by atoms with van der Waals surface area (Å²) in [6.07, 6.45) is 2.20. The highest BCUT2D eigenvalue weighted by atomic mass is 79.9. The van der Waals surface area contributed by atoms with E-state index in [4.69, 9.17) is 0 Å². The lowest BCUT2D eigenvalue weighted by Crippen LogP contribution is -2.38. The minimum Gasteiger partial charge on any atom is -0.339 e. The molecule has 1 heterocycles. The standard InChI is InChI=1S/C13H15Br2NO/c14-9-10-5-7-16(8-6-10)13(17)11-3-1-2-4-12(11)15/h1-4,10H,5-9H2. The van der Waals surface area contributed by atoms with Crippen molar-refractivity contribution in [3.05, 3.63) is 34.3 Å². The van der Waals surface area contributed by atoms with Gasteiger partial charge in [-0.25, -0.2) is 0 Å². The molecule has 0 atom stereocenters. The lowest BCUT2D eigenvalue weighted by atomic mass is 9.98. The van der Waals surface area contributed by atoms with E-state index in [1.807, 2.05) is 29.2 Å². The van der Waals surface area contributed by atoms with Crippen molar-refractivity contribution >= 4 is 37.8 Å². The van der Waals surface area contributed by atoms with Crippen LogP contribution in [0.1, 0.15) is 23.2 Å². The quantitative estimate of drug-likeness (QED) is 0.736. The third-order valence-electron chi connectivity index (χ3n) is 3.22. The minimum atomic E-state index is 0.144. The van der Waals surface area contributed by atoms with Gasteiger partial charge in [0.2, 0.25) is 0 Å². The zero-order valence-corrected chi connectivity index (χ0v) is 12.7. The number of halogens is 2. The Hall–Kier alpha value is -0.350. The first kappa shape index (κ1) is 13.1. The Morgan fingerprint density at radius 2 is 1.94 bits per heavy atom. The molecule has 0 unspecified atom stereocenters. The molecule has 17 heavy (non-hydrogen) atoms. The van der Waals surface area contributed by atoms with Crippen LogP contribution in [-0.4, -0.2) is 29.2 Å². The number of hydrogen-bond acceptors (Lipinski definition) is 1. The minimum absolute atomic E-state index is 0.144. The molecule has 1 aromatic rings. The molecule has 0 bridgehead atoms. The van der Waals surface area contributed by atoms with Gasteiger partial charge in [-0.2, -0.15) is 0 Å². The number of piperidine rings is 1. The molecule has 1 amide bonds. The van der Waals surface area contributed by atoms with Gasteiger partial charge in [0.05, 0.1) is 5.56 Å². The van der Waals surface area contributed by atoms with Gasteiger partial charge in [0.1, 0.15) is 0 Å². The van der Waals surface area contributed by atoms with Crippen molar-refractivity contribution in [1.82, 2.24) is 4.90 Å². The molecule has 1 aliphatic heterocycles. The molecule has 0 aromatic heterocycles. The number of rotatable bonds is 2. The summed E-state index contributed by atoms with van der Waals surface area (Å²) in [5.74, 6) is 0.865. The van der Waals surface area contributed by atoms with Crippen LogP contribution in [-0.2, 0) is 0 Å². The van der Waals surface area contributed by atoms with Gasteiger partial charge in [0.25, 0.3) is 5.91 Å². The Balaban J connectivity index is 2.04. The van der Waals surface area contributed by atoms with E-state index >= 15 is 0 Å². The summed E-state index contributed by atoms with van der Waals surface area (Å²) in [6.45, 7) is 1.74. The fourth-order valence-corrected chi connectivity index (χ4v) is 3.20. The van der Waals surface area contributed by atoms with Crippen LogP contribution in [0.5, 0.6) is 0 Å². The maximum atomic E-state index is 12.3. The third-order valence-corrected chi connectivity index (χ3v) is 4.83. The average Bonchev–Trinajstić information content (AvgIpc) is 2.39. The van der Waals surface area contributed by atoms with Crippen LogP contribution in [0.25, 0.3) is 0 Å². The molecule has 1 fully saturated rings. The van der Waals surface area contributed by atoms with Crippen LogP contribution in [0, 0.1) is 5.92 Å². The predicted molar refractivity (Wildman–Crippen MR) is 76.6 cm³/mol. The number of alkyl halides is 1. The Morgan fingerprint density at radius 1 is 1.29 bits per heavy atom. The molecular weight excluding hydrogens is 346 g/mol. The summed E-state index contributed by atoms with van der Waals surface area (Å²) in [4.78, 5) is 14.3. The van der Waals surface area contributed by atoms with Crippen LogP contribution < -0.4 is 0 Å². The highest BCUT2D eigenvalue weighted by Gasteiger charge is 2.23. The van der Waals surface area contributed by atoms with E-state index in [-0.39, 0.29) is 5.91 Å². The number of hydrogen-bond donors (Lipinski definition) is 0. The largest absolute Gasteiger partial charge is 0.339 e. The van der Waals surface area contributed by atoms with E-state index < -0.39 is 0 Å². The van der Waals surface area contributed by atoms with Gasteiger partial charge >= 0.3 is 0 Å². The van der Waals surface area contributed by atoms with E-state index in [0.717, 1.165) is 47.2 Å². The second-order valence-electron chi connectivity index (χ2n) is 4.37. The fraction of sp³-hybridized carbons (Fsp3) is 0.462. The van der Waals surface area contributed by atoms with Crippen LogP contribution in [0.3, 0.4) is 0 Å². The van der Waals surface area contributed by atoms with Gasteiger partial charge in [-0.05, 0) is 46.8 Å². The highest BCUT2D eigenvalue weighted by Crippen LogP contribution is 2.23. The molecule has 2 rings (SSSR count). The van der Waals surface area contributed by atoms with Gasteiger partial charge in [-0.15, -0.1) is 0 Å². The molecule has 0 N–H and O–H groups in total. The van der Waals surface area contributed by atoms with E-state index in [1.54, 1.807) is 0 Å². The zero-order chi connectivity index (χ0) is 12.3. The van der Waals surface area contributed by atoms with Crippen LogP contribution in [0.2, 0.25) is 0 Å². The monoisotopic (exact) mass is 359 g/mol. The maximum absolute atomic E-state index is 12.3. The Labute approximate surface area is 119 Å². The molecule has 2 nitrogen and oxygen atoms in total. The van der Waals surface area contributed by atoms with Gasteiger partial charge in [-0.3, -0.25) is 4.79 Å². The molecule has 1 aliphatic rings. The van der Waals surface area contributed by atoms with Crippen LogP contribution >= 0.6 is 31.9 Å². The van der Waals surface area contributed by atoms with Crippen molar-refractivity contribution < 1.29 is 4.79 Å². The molecule has 1 aromatic carbocycles. The van der Waals surface area contributed by atoms with Gasteiger partial charge in [0, 0.05) is 22.9 Å². The Morgan fingerprint density at radius 3 is 2.53 bits per heavy atom. The lowest BCUT2D eigenvalue weighted by molar-refractivity contribution is 0.0698. The number of amides is 1. The first-order chi connectivity index (χ1) is 8.22. The number of likely N-dealkylation sites (tertiary alicyclic amines) is 1. The van der Waals surface area contributed by atoms with Crippen molar-refractivity contribution in [3.63, 3.8) is 0 Å². The fourth-order valence-electron chi connectivity index (χ4n) is 2.10. The SMILES string of the molecule is O=C(c1ccccc1Br)N1CCC(CBr)CC1. The van der Waals surface area contributed by atoms with Crippen molar-refractivity contribution in [1.29, 1.82) is 0 Å². The topological polar surface area (TPSA) is 20.3 Å². The van der Waals surface area contributed by atoms with E-state index in [9.17, 15) is 4.79 Å². The molecule has 1 saturated heterocycles. The molecular formula is C13H15Br2NO. The summed E-state index contributed by atoms with van der Waals surface area (Å²) < 4.78 is 0.882. The second kappa shape index (κ2) is 6.01. The summed E-state index contributed by atoms with van der Waals surface area (Å²) in [5.41, 5.74) is 0.768. The van der Waals surface area contributed by atoms with Gasteiger partial charge in [0.15, 0.2) is 0 Å². The normalized spacial score (nSPS) is 17.2. The van der Waals surface area contributed by atoms with Gasteiger partial charge < -0.3 is 4.90 Å². The van der Waals surface area contributed by atoms with Crippen LogP contribution in [0.4, 0.5) is 0 Å². The molecule has 0 radical (unpaired) electrons. The van der Waals surface area contributed by atoms with Crippen molar-refractivity contribution in [3.8, 4) is 0 Å². The lowest BCUT2D eigenvalue weighted by Gasteiger charge is -2.31. The first-order valence-electron chi connectivity index (χ1n) is 5.82. The van der Waals surface area contributed by atoms with E-state index in [2.05, 4.69) is 31.9 Å². The first-order valence-corrected chi connectivity index (χ1v) is 7.73. The Bertz CT molecular complexity index is 400. The third kappa shape index (κ3) is 3.10. The van der Waals surface area contributed by atoms with Crippen molar-refractivity contribution in [2.75, 3.05) is 18.4 Å². The van der Waals surface area contributed by atoms with Crippen molar-refractivity contribution in [2.45, 2.75) is 12.8 Å². The van der Waals surface area contributed by atoms with E-state index in [1.165, 1.54) is 0 Å². The number of nitrogens with zero attached hydrogens (tertiary/aromatic N) is 1. The van der Waals surface area contributed by atoms with Gasteiger partial charge in [-0.1, -0.05) is 28.1 Å². The van der Waals surface area contributed by atoms with E-state index in [0.29, 0.717) is 0 Å². The number of carbonyl (C=O) groups is 1. The van der Waals surface area contributed by atoms with Crippen molar-refractivity contribution in [2.24, 2.45) is 5.92 Å². The summed E-state index contributed by atoms with van der Waals surface area (Å²) >= 11 is 6.95. The Kier molecular flexibility index (Phi) is 4.62. The smallest absolute Gasteiger partial charge is 0.254 e. The molecule has 92 valence electrons. The maximum Gasteiger partial charge on any atom is 0.254 e. The highest BCUT2D eigenvalue weighted by molar-refractivity contribution is 9.10. The molecule has 0 aliphatic carbocycles.